The maximum absolute atomic E-state index is 12.1. The first kappa shape index (κ1) is 49.5. The van der Waals surface area contributed by atoms with E-state index in [0.29, 0.717) is 18.1 Å². The molecule has 0 radical (unpaired) electrons. The third kappa shape index (κ3) is 16.7. The molecule has 4 aliphatic heterocycles. The molecule has 4 heterocycles. The number of nitrogens with one attached hydrogen (secondary N) is 2. The summed E-state index contributed by atoms with van der Waals surface area (Å²) in [5, 5.41) is 30.6. The van der Waals surface area contributed by atoms with Gasteiger partial charge in [-0.15, -0.1) is 0 Å². The first-order chi connectivity index (χ1) is 22.6. The quantitative estimate of drug-likeness (QED) is 0.110. The molecule has 0 aliphatic carbocycles. The number of nitriles is 2. The molecule has 2 amide bonds. The van der Waals surface area contributed by atoms with Crippen LogP contribution in [0.25, 0.3) is 0 Å². The van der Waals surface area contributed by atoms with Crippen molar-refractivity contribution < 1.29 is 143 Å². The number of rotatable bonds is 6. The number of hydrogen-bond donors (Lipinski definition) is 2. The molecule has 4 bridgehead atoms. The molecule has 17 heteroatoms. The Morgan fingerprint density at radius 1 is 0.920 bits per heavy atom. The Labute approximate surface area is 391 Å². The largest absolute Gasteiger partial charge is 1.00 e. The second kappa shape index (κ2) is 24.0. The van der Waals surface area contributed by atoms with Crippen molar-refractivity contribution in [1.29, 1.82) is 10.5 Å². The molecule has 50 heavy (non-hydrogen) atoms. The van der Waals surface area contributed by atoms with Gasteiger partial charge in [0.05, 0.1) is 19.2 Å². The van der Waals surface area contributed by atoms with Crippen LogP contribution in [0.2, 0.25) is 0 Å². The number of amides is 2. The van der Waals surface area contributed by atoms with Gasteiger partial charge in [0.15, 0.2) is 6.19 Å². The molecule has 4 saturated heterocycles. The van der Waals surface area contributed by atoms with Crippen molar-refractivity contribution in [3.05, 3.63) is 29.8 Å². The summed E-state index contributed by atoms with van der Waals surface area (Å²) in [6.45, 7) is 11.9. The maximum atomic E-state index is 12.1. The number of fused-ring (bicyclic) bond motifs is 4. The van der Waals surface area contributed by atoms with Gasteiger partial charge in [-0.3, -0.25) is 9.69 Å². The summed E-state index contributed by atoms with van der Waals surface area (Å²) in [7, 11) is 1.68. The molecular formula is C33H49BrK2N6O8. The normalized spacial score (nSPS) is 23.9. The second-order valence-electron chi connectivity index (χ2n) is 13.9. The molecule has 1 aromatic carbocycles. The summed E-state index contributed by atoms with van der Waals surface area (Å²) in [6, 6.07) is 9.93. The molecule has 0 unspecified atom stereocenters. The molecule has 4 fully saturated rings. The predicted molar refractivity (Wildman–Crippen MR) is 178 cm³/mol. The summed E-state index contributed by atoms with van der Waals surface area (Å²) < 4.78 is 15.8. The fourth-order valence-corrected chi connectivity index (χ4v) is 6.66. The van der Waals surface area contributed by atoms with Gasteiger partial charge in [-0.2, -0.15) is 10.5 Å². The predicted octanol–water partition coefficient (Wildman–Crippen LogP) is -1.66. The van der Waals surface area contributed by atoms with Gasteiger partial charge < -0.3 is 41.3 Å². The monoisotopic (exact) mass is 814 g/mol. The van der Waals surface area contributed by atoms with Crippen LogP contribution in [0.3, 0.4) is 0 Å². The minimum atomic E-state index is -0.476. The van der Waals surface area contributed by atoms with E-state index in [1.807, 2.05) is 58.6 Å². The number of nitrogens with zero attached hydrogens (tertiary/aromatic N) is 4. The second-order valence-corrected chi connectivity index (χ2v) is 14.2. The number of halogens is 1. The zero-order valence-electron chi connectivity index (χ0n) is 31.7. The average molecular weight is 816 g/mol. The van der Waals surface area contributed by atoms with Crippen molar-refractivity contribution in [2.75, 3.05) is 7.11 Å². The number of hydrogen-bond acceptors (Lipinski definition) is 12. The third-order valence-corrected chi connectivity index (χ3v) is 8.30. The summed E-state index contributed by atoms with van der Waals surface area (Å²) in [4.78, 5) is 40.9. The Bertz CT molecular complexity index is 1290. The van der Waals surface area contributed by atoms with Gasteiger partial charge in [-0.25, -0.2) is 9.59 Å². The van der Waals surface area contributed by atoms with Crippen molar-refractivity contribution >= 4 is 34.6 Å². The fourth-order valence-electron chi connectivity index (χ4n) is 6.66. The Morgan fingerprint density at radius 2 is 1.36 bits per heavy atom. The Kier molecular flexibility index (Phi) is 23.8. The summed E-state index contributed by atoms with van der Waals surface area (Å²) in [6.07, 6.45) is 7.81. The van der Waals surface area contributed by atoms with Crippen molar-refractivity contribution in [2.45, 2.75) is 134 Å². The van der Waals surface area contributed by atoms with E-state index in [0.717, 1.165) is 44.4 Å². The topological polar surface area (TPSA) is 189 Å². The number of benzene rings is 1. The van der Waals surface area contributed by atoms with Crippen LogP contribution in [0.1, 0.15) is 87.1 Å². The summed E-state index contributed by atoms with van der Waals surface area (Å²) >= 11 is 2.45. The van der Waals surface area contributed by atoms with Crippen LogP contribution < -0.4 is 123 Å². The fraction of sp³-hybridized carbons (Fsp3) is 0.667. The van der Waals surface area contributed by atoms with Crippen LogP contribution >= 0.6 is 15.9 Å². The Morgan fingerprint density at radius 3 is 1.78 bits per heavy atom. The number of ether oxygens (including phenoxy) is 3. The Balaban J connectivity index is 0. The molecule has 1 aromatic rings. The van der Waals surface area contributed by atoms with E-state index in [9.17, 15) is 9.59 Å². The maximum Gasteiger partial charge on any atom is 1.00 e. The minimum absolute atomic E-state index is 0. The third-order valence-electron chi connectivity index (χ3n) is 8.30. The van der Waals surface area contributed by atoms with Gasteiger partial charge in [0.1, 0.15) is 21.9 Å². The molecule has 2 N–H and O–H groups in total. The van der Waals surface area contributed by atoms with E-state index >= 15 is 0 Å². The van der Waals surface area contributed by atoms with Crippen molar-refractivity contribution in [1.82, 2.24) is 20.4 Å². The van der Waals surface area contributed by atoms with E-state index in [1.54, 1.807) is 12.1 Å². The first-order valence-corrected chi connectivity index (χ1v) is 16.7. The van der Waals surface area contributed by atoms with Crippen LogP contribution in [0, 0.1) is 21.7 Å². The molecule has 4 aliphatic rings. The van der Waals surface area contributed by atoms with Crippen molar-refractivity contribution in [2.24, 2.45) is 0 Å². The molecule has 0 saturated carbocycles. The number of methoxy groups -OCH3 is 1. The van der Waals surface area contributed by atoms with Gasteiger partial charge in [0.25, 0.3) is 6.47 Å². The molecule has 6 atom stereocenters. The van der Waals surface area contributed by atoms with Crippen LogP contribution in [0.15, 0.2) is 24.3 Å². The van der Waals surface area contributed by atoms with E-state index in [4.69, 9.17) is 34.8 Å². The molecule has 268 valence electrons. The van der Waals surface area contributed by atoms with E-state index in [2.05, 4.69) is 54.7 Å². The van der Waals surface area contributed by atoms with E-state index < -0.39 is 11.2 Å². The first-order valence-electron chi connectivity index (χ1n) is 15.9. The van der Waals surface area contributed by atoms with Crippen LogP contribution in [-0.2, 0) is 25.7 Å². The van der Waals surface area contributed by atoms with Crippen molar-refractivity contribution in [3.63, 3.8) is 0 Å². The standard InChI is InChI=1S/C19H28N2O3.C12H19N3O2.CBrN.CH2O3.2K.H/c1-19(2,3)24-18(22)20-16-11-14-7-10-17(16)21(14)12-13-5-8-15(23-4)9-6-13;1-12(2,3)17-11(16)14-9-6-8-4-5-10(9)15(8)7-13;2-1-3;2-1-4-3;;;/h5-6,8-9,14,16-17H,7,10-12H2,1-4H3,(H,20,22);8-10H,4-6H2,1-3H3,(H,14,16);;1,3H;;;/q;;;;2*+1;-1/p-1/t14-,16+,17+;8-,9+,10+;;;;;/m00...../s1. The van der Waals surface area contributed by atoms with Gasteiger partial charge in [0.2, 0.25) is 0 Å². The molecule has 5 rings (SSSR count). The molecular weight excluding hydrogens is 766 g/mol. The zero-order valence-corrected chi connectivity index (χ0v) is 38.6. The van der Waals surface area contributed by atoms with Crippen LogP contribution in [0.5, 0.6) is 5.75 Å². The molecule has 0 spiro atoms. The van der Waals surface area contributed by atoms with Crippen LogP contribution in [0.4, 0.5) is 9.59 Å². The number of alkyl carbamates (subject to hydrolysis) is 2. The van der Waals surface area contributed by atoms with Crippen molar-refractivity contribution in [3.8, 4) is 16.9 Å². The Hall–Kier alpha value is -0.517. The average Bonchev–Trinajstić information content (AvgIpc) is 3.75. The molecule has 14 nitrogen and oxygen atoms in total. The van der Waals surface area contributed by atoms with E-state index in [1.165, 1.54) is 12.0 Å². The molecule has 0 aromatic heterocycles. The summed E-state index contributed by atoms with van der Waals surface area (Å²) in [5.41, 5.74) is 0.354. The van der Waals surface area contributed by atoms with Gasteiger partial charge in [0, 0.05) is 46.6 Å². The minimum Gasteiger partial charge on any atom is -1.00 e. The van der Waals surface area contributed by atoms with Gasteiger partial charge in [-0.1, -0.05) is 12.1 Å². The SMILES string of the molecule is CC(C)(C)OC(=O)N[C@@H]1C[C@@H]2CC[C@H]1N2C#N.COc1ccc(CN2[C@H]3CC[C@@H]2[C@H](NC(=O)OC(C)(C)C)C3)cc1.N#CBr.O=CO[O-].[H-].[K+].[K+]. The van der Waals surface area contributed by atoms with E-state index in [-0.39, 0.29) is 141 Å². The number of carbonyl (C=O) groups is 3. The number of carbonyl (C=O) groups excluding carboxylic acids is 3. The van der Waals surface area contributed by atoms with Crippen LogP contribution in [-0.4, -0.2) is 83.0 Å². The summed E-state index contributed by atoms with van der Waals surface area (Å²) in [5.74, 6) is 0.882. The van der Waals surface area contributed by atoms with Gasteiger partial charge in [-0.05, 0) is 97.8 Å². The smallest absolute Gasteiger partial charge is 1.00 e. The van der Waals surface area contributed by atoms with Gasteiger partial charge >= 0.3 is 115 Å². The zero-order chi connectivity index (χ0) is 36.1.